The van der Waals surface area contributed by atoms with Gasteiger partial charge in [-0.25, -0.2) is 8.42 Å². The average molecular weight is 546 g/mol. The Hall–Kier alpha value is -1.85. The van der Waals surface area contributed by atoms with Crippen LogP contribution in [0, 0.1) is 0 Å². The van der Waals surface area contributed by atoms with Gasteiger partial charge in [-0.2, -0.15) is 0 Å². The molecule has 0 spiro atoms. The highest BCUT2D eigenvalue weighted by Crippen LogP contribution is 2.11. The van der Waals surface area contributed by atoms with Crippen LogP contribution in [-0.2, 0) is 27.5 Å². The number of nitrogens with one attached hydrogen (secondary N) is 3. The van der Waals surface area contributed by atoms with Crippen LogP contribution in [0.3, 0.4) is 0 Å². The minimum Gasteiger partial charge on any atom is -0.383 e. The van der Waals surface area contributed by atoms with Gasteiger partial charge >= 0.3 is 0 Å². The molecule has 0 aliphatic heterocycles. The van der Waals surface area contributed by atoms with E-state index in [1.807, 2.05) is 24.3 Å². The minimum atomic E-state index is -3.15. The monoisotopic (exact) mass is 546 g/mol. The third kappa shape index (κ3) is 9.31. The van der Waals surface area contributed by atoms with Crippen molar-refractivity contribution in [2.45, 2.75) is 17.9 Å². The molecule has 0 heterocycles. The Bertz CT molecular complexity index is 885. The Balaban J connectivity index is 0.00000450. The smallest absolute Gasteiger partial charge is 0.191 e. The number of methoxy groups -OCH3 is 1. The molecule has 2 rings (SSSR count). The number of hydrogen-bond donors (Lipinski definition) is 3. The molecule has 7 nitrogen and oxygen atoms in total. The van der Waals surface area contributed by atoms with E-state index in [2.05, 4.69) is 33.1 Å². The number of sulfone groups is 1. The quantitative estimate of drug-likeness (QED) is 0.184. The summed E-state index contributed by atoms with van der Waals surface area (Å²) in [4.78, 5) is 4.58. The van der Waals surface area contributed by atoms with Crippen molar-refractivity contribution in [2.75, 3.05) is 45.4 Å². The Morgan fingerprint density at radius 3 is 2.17 bits per heavy atom. The van der Waals surface area contributed by atoms with E-state index < -0.39 is 9.84 Å². The van der Waals surface area contributed by atoms with Crippen LogP contribution in [0.1, 0.15) is 11.1 Å². The van der Waals surface area contributed by atoms with Gasteiger partial charge in [-0.3, -0.25) is 4.99 Å². The van der Waals surface area contributed by atoms with Crippen molar-refractivity contribution < 1.29 is 13.2 Å². The number of benzene rings is 2. The number of hydrogen-bond acceptors (Lipinski definition) is 5. The molecule has 0 aliphatic rings. The van der Waals surface area contributed by atoms with E-state index in [1.165, 1.54) is 6.26 Å². The van der Waals surface area contributed by atoms with Crippen molar-refractivity contribution in [2.24, 2.45) is 4.99 Å². The van der Waals surface area contributed by atoms with Crippen LogP contribution in [0.15, 0.2) is 58.4 Å². The summed E-state index contributed by atoms with van der Waals surface area (Å²) in [5.41, 5.74) is 3.29. The Labute approximate surface area is 196 Å². The summed E-state index contributed by atoms with van der Waals surface area (Å²) < 4.78 is 28.0. The molecule has 0 saturated carbocycles. The molecule has 0 atom stereocenters. The average Bonchev–Trinajstić information content (AvgIpc) is 2.71. The number of guanidine groups is 1. The molecule has 0 fully saturated rings. The van der Waals surface area contributed by atoms with E-state index in [0.717, 1.165) is 35.7 Å². The lowest BCUT2D eigenvalue weighted by molar-refractivity contribution is 0.211. The molecule has 3 N–H and O–H groups in total. The number of halogens is 1. The molecule has 0 unspecified atom stereocenters. The molecule has 2 aromatic carbocycles. The van der Waals surface area contributed by atoms with Crippen molar-refractivity contribution in [3.05, 3.63) is 59.7 Å². The van der Waals surface area contributed by atoms with Gasteiger partial charge in [-0.15, -0.1) is 24.0 Å². The summed E-state index contributed by atoms with van der Waals surface area (Å²) in [6, 6.07) is 15.2. The van der Waals surface area contributed by atoms with Crippen molar-refractivity contribution in [1.29, 1.82) is 0 Å². The molecule has 166 valence electrons. The van der Waals surface area contributed by atoms with Gasteiger partial charge in [0, 0.05) is 45.7 Å². The number of ether oxygens (including phenoxy) is 1. The first-order chi connectivity index (χ1) is 13.9. The number of anilines is 1. The summed E-state index contributed by atoms with van der Waals surface area (Å²) in [6.45, 7) is 2.82. The van der Waals surface area contributed by atoms with Gasteiger partial charge in [0.25, 0.3) is 0 Å². The number of aliphatic imine (C=N–C) groups is 1. The van der Waals surface area contributed by atoms with Gasteiger partial charge in [-0.05, 0) is 41.8 Å². The van der Waals surface area contributed by atoms with Gasteiger partial charge < -0.3 is 20.7 Å². The highest BCUT2D eigenvalue weighted by molar-refractivity contribution is 14.0. The Kier molecular flexibility index (Phi) is 11.7. The molecule has 0 radical (unpaired) electrons. The highest BCUT2D eigenvalue weighted by atomic mass is 127. The molecule has 0 bridgehead atoms. The third-order valence-electron chi connectivity index (χ3n) is 4.33. The summed E-state index contributed by atoms with van der Waals surface area (Å²) in [6.07, 6.45) is 1.98. The van der Waals surface area contributed by atoms with E-state index in [-0.39, 0.29) is 24.0 Å². The van der Waals surface area contributed by atoms with Gasteiger partial charge in [0.15, 0.2) is 15.8 Å². The van der Waals surface area contributed by atoms with Gasteiger partial charge in [0.1, 0.15) is 0 Å². The normalized spacial score (nSPS) is 11.5. The van der Waals surface area contributed by atoms with Crippen LogP contribution in [0.4, 0.5) is 5.69 Å². The summed E-state index contributed by atoms with van der Waals surface area (Å²) in [5.74, 6) is 0.722. The largest absolute Gasteiger partial charge is 0.383 e. The fourth-order valence-electron chi connectivity index (χ4n) is 2.67. The predicted molar refractivity (Wildman–Crippen MR) is 134 cm³/mol. The van der Waals surface area contributed by atoms with E-state index in [1.54, 1.807) is 26.3 Å². The fraction of sp³-hybridized carbons (Fsp3) is 0.381. The second-order valence-electron chi connectivity index (χ2n) is 6.64. The highest BCUT2D eigenvalue weighted by Gasteiger charge is 2.06. The number of nitrogens with zero attached hydrogens (tertiary/aromatic N) is 1. The zero-order chi connectivity index (χ0) is 21.1. The lowest BCUT2D eigenvalue weighted by atomic mass is 10.1. The van der Waals surface area contributed by atoms with E-state index in [0.29, 0.717) is 24.6 Å². The molecule has 0 aromatic heterocycles. The first kappa shape index (κ1) is 26.2. The maximum Gasteiger partial charge on any atom is 0.191 e. The lowest BCUT2D eigenvalue weighted by Gasteiger charge is -2.13. The molecule has 30 heavy (non-hydrogen) atoms. The molecule has 0 amide bonds. The van der Waals surface area contributed by atoms with Crippen LogP contribution in [0.25, 0.3) is 0 Å². The summed E-state index contributed by atoms with van der Waals surface area (Å²) >= 11 is 0. The lowest BCUT2D eigenvalue weighted by Crippen LogP contribution is -2.37. The second-order valence-corrected chi connectivity index (χ2v) is 8.65. The predicted octanol–water partition coefficient (Wildman–Crippen LogP) is 2.67. The van der Waals surface area contributed by atoms with Crippen molar-refractivity contribution in [3.8, 4) is 0 Å². The molecular formula is C21H31IN4O3S. The number of rotatable bonds is 10. The van der Waals surface area contributed by atoms with Crippen LogP contribution in [-0.4, -0.2) is 54.5 Å². The van der Waals surface area contributed by atoms with Gasteiger partial charge in [0.2, 0.25) is 0 Å². The van der Waals surface area contributed by atoms with E-state index >= 15 is 0 Å². The van der Waals surface area contributed by atoms with E-state index in [4.69, 9.17) is 4.74 Å². The fourth-order valence-corrected chi connectivity index (χ4v) is 3.30. The molecular weight excluding hydrogens is 515 g/mol. The standard InChI is InChI=1S/C21H30N4O3S.HI/c1-22-21(24-13-12-17-6-10-20(11-7-17)29(3,26)27)25-16-18-4-8-19(9-5-18)23-14-15-28-2;/h4-11,23H,12-16H2,1-3H3,(H2,22,24,25);1H. The third-order valence-corrected chi connectivity index (χ3v) is 5.46. The minimum absolute atomic E-state index is 0. The zero-order valence-electron chi connectivity index (χ0n) is 17.6. The maximum atomic E-state index is 11.5. The van der Waals surface area contributed by atoms with Gasteiger partial charge in [-0.1, -0.05) is 24.3 Å². The first-order valence-corrected chi connectivity index (χ1v) is 11.4. The molecule has 2 aromatic rings. The summed E-state index contributed by atoms with van der Waals surface area (Å²) in [7, 11) is 0.267. The second kappa shape index (κ2) is 13.5. The zero-order valence-corrected chi connectivity index (χ0v) is 20.8. The SMILES string of the molecule is CN=C(NCCc1ccc(S(C)(=O)=O)cc1)NCc1ccc(NCCOC)cc1.I. The molecule has 9 heteroatoms. The van der Waals surface area contributed by atoms with Crippen LogP contribution >= 0.6 is 24.0 Å². The Morgan fingerprint density at radius 1 is 0.967 bits per heavy atom. The Morgan fingerprint density at radius 2 is 1.60 bits per heavy atom. The van der Waals surface area contributed by atoms with E-state index in [9.17, 15) is 8.42 Å². The van der Waals surface area contributed by atoms with Crippen LogP contribution < -0.4 is 16.0 Å². The van der Waals surface area contributed by atoms with Crippen molar-refractivity contribution >= 4 is 45.5 Å². The van der Waals surface area contributed by atoms with Crippen LogP contribution in [0.2, 0.25) is 0 Å². The van der Waals surface area contributed by atoms with Gasteiger partial charge in [0.05, 0.1) is 11.5 Å². The summed E-state index contributed by atoms with van der Waals surface area (Å²) in [5, 5.41) is 9.85. The maximum absolute atomic E-state index is 11.5. The molecule has 0 aliphatic carbocycles. The first-order valence-electron chi connectivity index (χ1n) is 9.47. The van der Waals surface area contributed by atoms with Crippen molar-refractivity contribution in [1.82, 2.24) is 10.6 Å². The topological polar surface area (TPSA) is 91.8 Å². The van der Waals surface area contributed by atoms with Crippen LogP contribution in [0.5, 0.6) is 0 Å². The van der Waals surface area contributed by atoms with Crippen molar-refractivity contribution in [3.63, 3.8) is 0 Å². The molecule has 0 saturated heterocycles.